The molecule has 88 valence electrons. The van der Waals surface area contributed by atoms with Gasteiger partial charge in [-0.25, -0.2) is 0 Å². The molecular formula is C11H15N2NaO3. The molecule has 0 aliphatic carbocycles. The van der Waals surface area contributed by atoms with Gasteiger partial charge in [0.2, 0.25) is 0 Å². The summed E-state index contributed by atoms with van der Waals surface area (Å²) in [6.07, 6.45) is 0.807. The van der Waals surface area contributed by atoms with Gasteiger partial charge >= 0.3 is 29.6 Å². The molecular weight excluding hydrogens is 231 g/mol. The Morgan fingerprint density at radius 1 is 1.41 bits per heavy atom. The van der Waals surface area contributed by atoms with Gasteiger partial charge < -0.3 is 10.8 Å². The Morgan fingerprint density at radius 3 is 2.35 bits per heavy atom. The Balaban J connectivity index is 0.00000256. The number of nitrogen functional groups attached to an aromatic ring is 1. The molecule has 6 heteroatoms. The second-order valence-corrected chi connectivity index (χ2v) is 4.41. The summed E-state index contributed by atoms with van der Waals surface area (Å²) in [5.41, 5.74) is 5.47. The van der Waals surface area contributed by atoms with Crippen molar-refractivity contribution in [3.8, 4) is 5.75 Å². The largest absolute Gasteiger partial charge is 1.00 e. The first-order valence-corrected chi connectivity index (χ1v) is 5.05. The molecule has 1 rings (SSSR count). The van der Waals surface area contributed by atoms with Crippen LogP contribution in [0.1, 0.15) is 32.8 Å². The number of hydrogen-bond donors (Lipinski definition) is 1. The predicted octanol–water partition coefficient (Wildman–Crippen LogP) is -1.06. The summed E-state index contributed by atoms with van der Waals surface area (Å²) in [7, 11) is 0. The molecule has 5 nitrogen and oxygen atoms in total. The minimum atomic E-state index is -0.708. The van der Waals surface area contributed by atoms with Crippen LogP contribution < -0.4 is 40.4 Å². The Kier molecular flexibility index (Phi) is 5.45. The molecule has 0 saturated carbocycles. The van der Waals surface area contributed by atoms with Crippen LogP contribution in [-0.2, 0) is 5.41 Å². The first-order valence-electron chi connectivity index (χ1n) is 5.05. The number of nitrogens with two attached hydrogens (primary N) is 1. The SMILES string of the molecule is CCC(C)(C)c1cc(N)c([O-])c([N+](=O)[O-])c1.[Na+]. The van der Waals surface area contributed by atoms with E-state index in [2.05, 4.69) is 0 Å². The van der Waals surface area contributed by atoms with Crippen molar-refractivity contribution in [3.63, 3.8) is 0 Å². The number of anilines is 1. The fourth-order valence-corrected chi connectivity index (χ4v) is 1.37. The van der Waals surface area contributed by atoms with Crippen molar-refractivity contribution in [1.82, 2.24) is 0 Å². The van der Waals surface area contributed by atoms with Crippen LogP contribution in [0, 0.1) is 10.1 Å². The molecule has 0 unspecified atom stereocenters. The molecule has 0 aliphatic rings. The monoisotopic (exact) mass is 246 g/mol. The van der Waals surface area contributed by atoms with Gasteiger partial charge in [0.1, 0.15) is 0 Å². The average Bonchev–Trinajstić information content (AvgIpc) is 2.21. The minimum Gasteiger partial charge on any atom is -0.866 e. The third-order valence-electron chi connectivity index (χ3n) is 2.96. The predicted molar refractivity (Wildman–Crippen MR) is 60.3 cm³/mol. The van der Waals surface area contributed by atoms with Crippen molar-refractivity contribution < 1.29 is 39.6 Å². The first kappa shape index (κ1) is 16.2. The Morgan fingerprint density at radius 2 is 1.94 bits per heavy atom. The molecule has 1 aromatic carbocycles. The van der Waals surface area contributed by atoms with Crippen LogP contribution in [0.5, 0.6) is 5.75 Å². The molecule has 0 fully saturated rings. The summed E-state index contributed by atoms with van der Waals surface area (Å²) in [4.78, 5) is 10.0. The smallest absolute Gasteiger partial charge is 0.866 e. The number of nitro benzene ring substituents is 1. The Hall–Kier alpha value is -0.780. The molecule has 0 aliphatic heterocycles. The molecule has 2 N–H and O–H groups in total. The van der Waals surface area contributed by atoms with Gasteiger partial charge in [-0.15, -0.1) is 0 Å². The van der Waals surface area contributed by atoms with E-state index in [1.54, 1.807) is 0 Å². The summed E-state index contributed by atoms with van der Waals surface area (Å²) < 4.78 is 0. The van der Waals surface area contributed by atoms with E-state index in [-0.39, 0.29) is 40.7 Å². The zero-order valence-corrected chi connectivity index (χ0v) is 12.6. The molecule has 0 saturated heterocycles. The van der Waals surface area contributed by atoms with Crippen molar-refractivity contribution in [1.29, 1.82) is 0 Å². The van der Waals surface area contributed by atoms with Gasteiger partial charge in [-0.1, -0.05) is 20.8 Å². The summed E-state index contributed by atoms with van der Waals surface area (Å²) in [5, 5.41) is 22.1. The van der Waals surface area contributed by atoms with Gasteiger partial charge in [0.05, 0.1) is 4.92 Å². The van der Waals surface area contributed by atoms with E-state index in [1.807, 2.05) is 20.8 Å². The number of rotatable bonds is 3. The Labute approximate surface area is 122 Å². The standard InChI is InChI=1S/C11H16N2O3.Na/c1-4-11(2,3)7-5-8(12)10(14)9(6-7)13(15)16;/h5-6,14H,4,12H2,1-3H3;/q;+1/p-1. The number of hydrogen-bond acceptors (Lipinski definition) is 4. The maximum Gasteiger partial charge on any atom is 1.00 e. The maximum absolute atomic E-state index is 11.4. The first-order chi connectivity index (χ1) is 7.29. The third-order valence-corrected chi connectivity index (χ3v) is 2.96. The molecule has 17 heavy (non-hydrogen) atoms. The summed E-state index contributed by atoms with van der Waals surface area (Å²) in [6, 6.07) is 2.85. The third kappa shape index (κ3) is 3.34. The van der Waals surface area contributed by atoms with E-state index in [0.29, 0.717) is 0 Å². The zero-order valence-electron chi connectivity index (χ0n) is 10.6. The van der Waals surface area contributed by atoms with Gasteiger partial charge in [0.25, 0.3) is 5.69 Å². The van der Waals surface area contributed by atoms with E-state index >= 15 is 0 Å². The minimum absolute atomic E-state index is 0. The quantitative estimate of drug-likeness (QED) is 0.318. The maximum atomic E-state index is 11.4. The van der Waals surface area contributed by atoms with E-state index in [1.165, 1.54) is 12.1 Å². The van der Waals surface area contributed by atoms with Gasteiger partial charge in [-0.05, 0) is 29.2 Å². The van der Waals surface area contributed by atoms with Crippen LogP contribution in [0.3, 0.4) is 0 Å². The van der Waals surface area contributed by atoms with Crippen LogP contribution in [0.4, 0.5) is 11.4 Å². The molecule has 0 aromatic heterocycles. The second-order valence-electron chi connectivity index (χ2n) is 4.41. The fourth-order valence-electron chi connectivity index (χ4n) is 1.37. The van der Waals surface area contributed by atoms with Crippen LogP contribution >= 0.6 is 0 Å². The van der Waals surface area contributed by atoms with E-state index in [9.17, 15) is 15.2 Å². The number of nitro groups is 1. The topological polar surface area (TPSA) is 92.2 Å². The van der Waals surface area contributed by atoms with Crippen molar-refractivity contribution in [2.45, 2.75) is 32.6 Å². The second kappa shape index (κ2) is 5.71. The summed E-state index contributed by atoms with van der Waals surface area (Å²) in [6.45, 7) is 5.89. The zero-order chi connectivity index (χ0) is 12.5. The normalized spacial score (nSPS) is 10.8. The fraction of sp³-hybridized carbons (Fsp3) is 0.455. The van der Waals surface area contributed by atoms with Gasteiger partial charge in [0.15, 0.2) is 0 Å². The van der Waals surface area contributed by atoms with Crippen molar-refractivity contribution in [2.24, 2.45) is 0 Å². The molecule has 0 atom stereocenters. The molecule has 1 aromatic rings. The van der Waals surface area contributed by atoms with E-state index in [4.69, 9.17) is 5.73 Å². The van der Waals surface area contributed by atoms with Gasteiger partial charge in [0, 0.05) is 11.8 Å². The van der Waals surface area contributed by atoms with Gasteiger partial charge in [-0.3, -0.25) is 10.1 Å². The van der Waals surface area contributed by atoms with Crippen molar-refractivity contribution >= 4 is 11.4 Å². The molecule has 0 amide bonds. The molecule has 0 heterocycles. The van der Waals surface area contributed by atoms with E-state index < -0.39 is 16.4 Å². The van der Waals surface area contributed by atoms with Crippen LogP contribution in [0.2, 0.25) is 0 Å². The summed E-state index contributed by atoms with van der Waals surface area (Å²) in [5.74, 6) is -0.708. The van der Waals surface area contributed by atoms with Crippen LogP contribution in [-0.4, -0.2) is 4.92 Å². The number of benzene rings is 1. The molecule has 0 spiro atoms. The molecule has 0 bridgehead atoms. The number of nitrogens with zero attached hydrogens (tertiary/aromatic N) is 1. The Bertz CT molecular complexity index is 433. The van der Waals surface area contributed by atoms with Crippen LogP contribution in [0.25, 0.3) is 0 Å². The van der Waals surface area contributed by atoms with E-state index in [0.717, 1.165) is 12.0 Å². The van der Waals surface area contributed by atoms with Crippen LogP contribution in [0.15, 0.2) is 12.1 Å². The van der Waals surface area contributed by atoms with Gasteiger partial charge in [-0.2, -0.15) is 0 Å². The summed E-state index contributed by atoms with van der Waals surface area (Å²) >= 11 is 0. The average molecular weight is 246 g/mol. The van der Waals surface area contributed by atoms with Crippen molar-refractivity contribution in [3.05, 3.63) is 27.8 Å². The van der Waals surface area contributed by atoms with Crippen molar-refractivity contribution in [2.75, 3.05) is 5.73 Å². The molecule has 0 radical (unpaired) electrons.